The summed E-state index contributed by atoms with van der Waals surface area (Å²) in [4.78, 5) is 3.38. The zero-order valence-electron chi connectivity index (χ0n) is 28.6. The third-order valence-corrected chi connectivity index (χ3v) is 10.9. The highest BCUT2D eigenvalue weighted by Crippen LogP contribution is 2.33. The van der Waals surface area contributed by atoms with E-state index in [1.165, 1.54) is 71.6 Å². The van der Waals surface area contributed by atoms with E-state index in [1.807, 2.05) is 0 Å². The number of H-pyrrole nitrogens is 1. The van der Waals surface area contributed by atoms with Crippen LogP contribution in [0.1, 0.15) is 0 Å². The Hall–Kier alpha value is -5.20. The van der Waals surface area contributed by atoms with Crippen molar-refractivity contribution in [2.75, 3.05) is 0 Å². The Morgan fingerprint density at radius 1 is 0.302 bits per heavy atom. The minimum absolute atomic E-state index is 1.10. The number of fused-ring (bicyclic) bond motifs is 6. The third-order valence-electron chi connectivity index (χ3n) is 9.32. The van der Waals surface area contributed by atoms with Crippen LogP contribution >= 0.6 is 47.8 Å². The van der Waals surface area contributed by atoms with Gasteiger partial charge in [-0.3, -0.25) is 0 Å². The van der Waals surface area contributed by atoms with Gasteiger partial charge in [0.1, 0.15) is 0 Å². The van der Waals surface area contributed by atoms with Crippen LogP contribution in [0.15, 0.2) is 208 Å². The van der Waals surface area contributed by atoms with E-state index in [4.69, 9.17) is 0 Å². The molecule has 8 aromatic carbocycles. The van der Waals surface area contributed by atoms with Gasteiger partial charge in [-0.25, -0.2) is 0 Å². The molecule has 10 aromatic rings. The molecule has 0 aliphatic rings. The van der Waals surface area contributed by atoms with E-state index in [9.17, 15) is 0 Å². The van der Waals surface area contributed by atoms with Gasteiger partial charge in [0.2, 0.25) is 0 Å². The van der Waals surface area contributed by atoms with Gasteiger partial charge in [0, 0.05) is 51.7 Å². The highest BCUT2D eigenvalue weighted by Gasteiger charge is 2.11. The number of nitrogens with zero attached hydrogens (tertiary/aromatic N) is 1. The van der Waals surface area contributed by atoms with Crippen LogP contribution in [-0.4, -0.2) is 9.55 Å². The van der Waals surface area contributed by atoms with Crippen molar-refractivity contribution in [2.45, 2.75) is 0 Å². The average molecular weight is 878 g/mol. The summed E-state index contributed by atoms with van der Waals surface area (Å²) in [5.74, 6) is 0. The Kier molecular flexibility index (Phi) is 10.4. The molecule has 0 saturated carbocycles. The van der Waals surface area contributed by atoms with Gasteiger partial charge in [-0.2, -0.15) is 0 Å². The molecule has 0 saturated heterocycles. The van der Waals surface area contributed by atoms with Crippen LogP contribution in [0.25, 0.3) is 71.6 Å². The summed E-state index contributed by atoms with van der Waals surface area (Å²) < 4.78 is 5.66. The van der Waals surface area contributed by atoms with Crippen LogP contribution in [0, 0.1) is 0 Å². The highest BCUT2D eigenvalue weighted by molar-refractivity contribution is 9.11. The first kappa shape index (κ1) is 34.9. The minimum atomic E-state index is 1.10. The van der Waals surface area contributed by atoms with E-state index in [0.29, 0.717) is 0 Å². The van der Waals surface area contributed by atoms with Crippen molar-refractivity contribution < 1.29 is 0 Å². The summed E-state index contributed by atoms with van der Waals surface area (Å²) >= 11 is 10.3. The molecule has 10 rings (SSSR count). The lowest BCUT2D eigenvalue weighted by atomic mass is 10.1. The van der Waals surface area contributed by atoms with Crippen LogP contribution in [0.2, 0.25) is 0 Å². The Bertz CT molecular complexity index is 2630. The van der Waals surface area contributed by atoms with Crippen LogP contribution in [0.5, 0.6) is 0 Å². The molecule has 0 aliphatic heterocycles. The van der Waals surface area contributed by atoms with Gasteiger partial charge in [0.05, 0.1) is 11.0 Å². The number of hydrogen-bond acceptors (Lipinski definition) is 0. The van der Waals surface area contributed by atoms with Crippen LogP contribution in [0.4, 0.5) is 0 Å². The van der Waals surface area contributed by atoms with Gasteiger partial charge in [0.15, 0.2) is 0 Å². The molecule has 0 atom stereocenters. The predicted molar refractivity (Wildman–Crippen MR) is 237 cm³/mol. The van der Waals surface area contributed by atoms with Crippen LogP contribution in [-0.2, 0) is 0 Å². The molecule has 0 spiro atoms. The first-order valence-corrected chi connectivity index (χ1v) is 19.7. The maximum atomic E-state index is 3.50. The Morgan fingerprint density at radius 2 is 0.604 bits per heavy atom. The molecule has 1 N–H and O–H groups in total. The molecular weight excluding hydrogens is 844 g/mol. The topological polar surface area (TPSA) is 20.7 Å². The largest absolute Gasteiger partial charge is 0.355 e. The van der Waals surface area contributed by atoms with Crippen molar-refractivity contribution >= 4 is 91.4 Å². The summed E-state index contributed by atoms with van der Waals surface area (Å²) in [6, 6.07) is 67.8. The number of rotatable bonds is 3. The second-order valence-corrected chi connectivity index (χ2v) is 15.4. The third kappa shape index (κ3) is 7.65. The Morgan fingerprint density at radius 3 is 0.981 bits per heavy atom. The number of aromatic amines is 1. The van der Waals surface area contributed by atoms with Crippen LogP contribution < -0.4 is 0 Å². The lowest BCUT2D eigenvalue weighted by molar-refractivity contribution is 1.18. The van der Waals surface area contributed by atoms with Gasteiger partial charge in [0.25, 0.3) is 0 Å². The maximum Gasteiger partial charge on any atom is 0.0541 e. The van der Waals surface area contributed by atoms with E-state index in [1.54, 1.807) is 0 Å². The monoisotopic (exact) mass is 874 g/mol. The molecule has 256 valence electrons. The molecule has 2 nitrogen and oxygen atoms in total. The van der Waals surface area contributed by atoms with Gasteiger partial charge in [-0.05, 0) is 95.1 Å². The van der Waals surface area contributed by atoms with Gasteiger partial charge >= 0.3 is 0 Å². The van der Waals surface area contributed by atoms with Crippen molar-refractivity contribution in [3.05, 3.63) is 208 Å². The minimum Gasteiger partial charge on any atom is -0.355 e. The molecule has 0 aliphatic carbocycles. The summed E-state index contributed by atoms with van der Waals surface area (Å²) in [5, 5.41) is 5.19. The smallest absolute Gasteiger partial charge is 0.0541 e. The quantitative estimate of drug-likeness (QED) is 0.183. The van der Waals surface area contributed by atoms with Crippen molar-refractivity contribution in [2.24, 2.45) is 0 Å². The Balaban J connectivity index is 0.000000125. The second-order valence-electron chi connectivity index (χ2n) is 12.7. The zero-order valence-corrected chi connectivity index (χ0v) is 33.3. The molecule has 2 heterocycles. The summed E-state index contributed by atoms with van der Waals surface area (Å²) in [6.45, 7) is 0. The Labute approximate surface area is 334 Å². The molecule has 0 bridgehead atoms. The van der Waals surface area contributed by atoms with Crippen molar-refractivity contribution in [1.29, 1.82) is 0 Å². The molecule has 2 aromatic heterocycles. The first-order chi connectivity index (χ1) is 26.0. The van der Waals surface area contributed by atoms with Crippen molar-refractivity contribution in [3.63, 3.8) is 0 Å². The molecular formula is C48H33Br3N2. The fourth-order valence-corrected chi connectivity index (χ4v) is 7.52. The number of para-hydroxylation sites is 4. The number of aromatic nitrogens is 2. The SMILES string of the molecule is Brc1ccc(-c2ccc(-n3c4ccccc4c4ccccc43)cc2)cc1.Brc1ccc(-c2ccc(Br)cc2)cc1.c1ccc2c(c1)[nH]c1ccccc12. The molecule has 0 amide bonds. The van der Waals surface area contributed by atoms with E-state index >= 15 is 0 Å². The van der Waals surface area contributed by atoms with Gasteiger partial charge in [-0.15, -0.1) is 0 Å². The number of halogens is 3. The number of nitrogens with one attached hydrogen (secondary N) is 1. The normalized spacial score (nSPS) is 10.9. The van der Waals surface area contributed by atoms with E-state index in [0.717, 1.165) is 13.4 Å². The fraction of sp³-hybridized carbons (Fsp3) is 0. The van der Waals surface area contributed by atoms with Gasteiger partial charge < -0.3 is 9.55 Å². The standard InChI is InChI=1S/C24H16BrN.C12H8Br2.C12H9N/c25-19-13-9-17(10-14-19)18-11-15-20(16-12-18)26-23-7-3-1-5-21(23)22-6-2-4-8-24(22)26;13-11-5-1-9(2-6-11)10-3-7-12(14)8-4-10;1-3-7-11-9(5-1)10-6-2-4-8-12(10)13-11/h1-16H;1-8H;1-8,13H. The average Bonchev–Trinajstić information content (AvgIpc) is 3.76. The second kappa shape index (κ2) is 15.8. The number of benzene rings is 8. The summed E-state index contributed by atoms with van der Waals surface area (Å²) in [5.41, 5.74) is 11.0. The fourth-order valence-electron chi connectivity index (χ4n) is 6.73. The molecule has 53 heavy (non-hydrogen) atoms. The predicted octanol–water partition coefficient (Wildman–Crippen LogP) is 15.4. The van der Waals surface area contributed by atoms with Crippen LogP contribution in [0.3, 0.4) is 0 Å². The van der Waals surface area contributed by atoms with E-state index in [2.05, 4.69) is 251 Å². The van der Waals surface area contributed by atoms with E-state index < -0.39 is 0 Å². The lowest BCUT2D eigenvalue weighted by Crippen LogP contribution is -1.93. The lowest BCUT2D eigenvalue weighted by Gasteiger charge is -2.09. The van der Waals surface area contributed by atoms with E-state index in [-0.39, 0.29) is 0 Å². The maximum absolute atomic E-state index is 3.50. The van der Waals surface area contributed by atoms with Gasteiger partial charge in [-0.1, -0.05) is 169 Å². The number of hydrogen-bond donors (Lipinski definition) is 1. The molecule has 5 heteroatoms. The summed E-state index contributed by atoms with van der Waals surface area (Å²) in [7, 11) is 0. The zero-order chi connectivity index (χ0) is 36.1. The molecule has 0 fully saturated rings. The van der Waals surface area contributed by atoms with Crippen molar-refractivity contribution in [1.82, 2.24) is 9.55 Å². The molecule has 0 unspecified atom stereocenters. The molecule has 0 radical (unpaired) electrons. The first-order valence-electron chi connectivity index (χ1n) is 17.3. The summed E-state index contributed by atoms with van der Waals surface area (Å²) in [6.07, 6.45) is 0. The highest BCUT2D eigenvalue weighted by atomic mass is 79.9. The van der Waals surface area contributed by atoms with Crippen molar-refractivity contribution in [3.8, 4) is 27.9 Å².